The zero-order chi connectivity index (χ0) is 21.4. The fourth-order valence-corrected chi connectivity index (χ4v) is 3.73. The number of hydrogen-bond acceptors (Lipinski definition) is 3. The monoisotopic (exact) mass is 403 g/mol. The molecule has 0 amide bonds. The number of hydrogen-bond donors (Lipinski definition) is 1. The smallest absolute Gasteiger partial charge is 0.120 e. The van der Waals surface area contributed by atoms with Crippen LogP contribution >= 0.6 is 11.8 Å². The Morgan fingerprint density at radius 2 is 1.50 bits per heavy atom. The highest BCUT2D eigenvalue weighted by Crippen LogP contribution is 2.15. The van der Waals surface area contributed by atoms with Gasteiger partial charge in [-0.2, -0.15) is 11.8 Å². The lowest BCUT2D eigenvalue weighted by Gasteiger charge is -2.21. The minimum absolute atomic E-state index is 0.212. The van der Waals surface area contributed by atoms with Gasteiger partial charge in [0.05, 0.1) is 6.04 Å². The number of allylic oxidation sites excluding steroid dienone is 6. The van der Waals surface area contributed by atoms with E-state index in [-0.39, 0.29) is 6.04 Å². The number of carbonyl (C=O) groups is 1. The number of nitrogens with one attached hydrogen (secondary N) is 1. The highest BCUT2D eigenvalue weighted by Gasteiger charge is 2.09. The first-order chi connectivity index (χ1) is 13.3. The van der Waals surface area contributed by atoms with Crippen LogP contribution in [0.4, 0.5) is 0 Å². The van der Waals surface area contributed by atoms with Gasteiger partial charge in [-0.1, -0.05) is 53.7 Å². The van der Waals surface area contributed by atoms with Crippen molar-refractivity contribution in [2.24, 2.45) is 0 Å². The Hall–Kier alpha value is -1.48. The molecule has 28 heavy (non-hydrogen) atoms. The van der Waals surface area contributed by atoms with E-state index < -0.39 is 0 Å². The summed E-state index contributed by atoms with van der Waals surface area (Å²) in [6.45, 7) is 18.9. The van der Waals surface area contributed by atoms with E-state index in [0.717, 1.165) is 54.7 Å². The van der Waals surface area contributed by atoms with Crippen LogP contribution < -0.4 is 5.32 Å². The molecule has 0 aromatic rings. The molecule has 0 fully saturated rings. The lowest BCUT2D eigenvalue weighted by atomic mass is 10.1. The summed E-state index contributed by atoms with van der Waals surface area (Å²) in [5, 5.41) is 3.40. The Kier molecular flexibility index (Phi) is 15.6. The van der Waals surface area contributed by atoms with Gasteiger partial charge in [0, 0.05) is 23.6 Å². The molecule has 0 rings (SSSR count). The quantitative estimate of drug-likeness (QED) is 0.168. The van der Waals surface area contributed by atoms with Crippen LogP contribution in [-0.4, -0.2) is 23.8 Å². The number of carbonyl (C=O) groups excluding carboxylic acids is 1. The van der Waals surface area contributed by atoms with E-state index >= 15 is 0 Å². The molecule has 0 aliphatic heterocycles. The van der Waals surface area contributed by atoms with Crippen molar-refractivity contribution < 1.29 is 4.79 Å². The first-order valence-electron chi connectivity index (χ1n) is 10.3. The van der Waals surface area contributed by atoms with Crippen LogP contribution in [0.1, 0.15) is 73.1 Å². The molecular weight excluding hydrogens is 362 g/mol. The van der Waals surface area contributed by atoms with Crippen molar-refractivity contribution in [2.45, 2.75) is 79.2 Å². The lowest BCUT2D eigenvalue weighted by molar-refractivity contribution is -0.107. The molecule has 158 valence electrons. The first kappa shape index (κ1) is 26.5. The van der Waals surface area contributed by atoms with Crippen molar-refractivity contribution in [3.8, 4) is 0 Å². The van der Waals surface area contributed by atoms with E-state index in [9.17, 15) is 4.79 Å². The summed E-state index contributed by atoms with van der Waals surface area (Å²) in [6, 6.07) is 0.212. The average Bonchev–Trinajstić information content (AvgIpc) is 2.61. The van der Waals surface area contributed by atoms with Gasteiger partial charge < -0.3 is 10.1 Å². The first-order valence-corrected chi connectivity index (χ1v) is 11.5. The molecule has 0 bridgehead atoms. The summed E-state index contributed by atoms with van der Waals surface area (Å²) in [5.41, 5.74) is 6.37. The molecule has 0 saturated heterocycles. The van der Waals surface area contributed by atoms with Gasteiger partial charge in [-0.3, -0.25) is 0 Å². The van der Waals surface area contributed by atoms with Crippen molar-refractivity contribution in [1.82, 2.24) is 5.32 Å². The second-order valence-electron chi connectivity index (χ2n) is 7.85. The second kappa shape index (κ2) is 16.5. The molecule has 0 aromatic carbocycles. The Bertz CT molecular complexity index is 579. The van der Waals surface area contributed by atoms with Crippen molar-refractivity contribution in [1.29, 1.82) is 0 Å². The highest BCUT2D eigenvalue weighted by atomic mass is 32.2. The Morgan fingerprint density at radius 1 is 0.893 bits per heavy atom. The Balaban J connectivity index is 4.17. The molecule has 1 atom stereocenters. The highest BCUT2D eigenvalue weighted by molar-refractivity contribution is 7.99. The standard InChI is InChI=1S/C25H41NOS/c1-20(2)11-8-12-22(5)13-9-14-23(6)16-18-28-19-25(21(3)4)26-24(7)15-10-17-27/h11,13,16-17,25-26H,3,7-10,12,14-15,18-19H2,1-2,4-6H3/b22-13+,23-16+. The van der Waals surface area contributed by atoms with Crippen LogP contribution in [0, 0.1) is 0 Å². The molecule has 0 aliphatic carbocycles. The predicted octanol–water partition coefficient (Wildman–Crippen LogP) is 7.17. The predicted molar refractivity (Wildman–Crippen MR) is 129 cm³/mol. The maximum Gasteiger partial charge on any atom is 0.120 e. The normalized spacial score (nSPS) is 13.0. The van der Waals surface area contributed by atoms with Gasteiger partial charge in [0.2, 0.25) is 0 Å². The van der Waals surface area contributed by atoms with Crippen LogP contribution in [0.25, 0.3) is 0 Å². The molecule has 0 spiro atoms. The molecule has 0 aliphatic rings. The zero-order valence-electron chi connectivity index (χ0n) is 18.8. The summed E-state index contributed by atoms with van der Waals surface area (Å²) in [6.07, 6.45) is 13.8. The van der Waals surface area contributed by atoms with E-state index in [1.165, 1.54) is 16.7 Å². The van der Waals surface area contributed by atoms with E-state index in [1.807, 2.05) is 18.7 Å². The Morgan fingerprint density at radius 3 is 2.07 bits per heavy atom. The molecule has 0 aromatic heterocycles. The maximum atomic E-state index is 10.5. The molecule has 2 nitrogen and oxygen atoms in total. The van der Waals surface area contributed by atoms with Crippen molar-refractivity contribution in [3.63, 3.8) is 0 Å². The molecule has 0 heterocycles. The van der Waals surface area contributed by atoms with Crippen LogP contribution in [0.2, 0.25) is 0 Å². The third kappa shape index (κ3) is 15.6. The third-order valence-electron chi connectivity index (χ3n) is 4.49. The molecule has 0 saturated carbocycles. The third-order valence-corrected chi connectivity index (χ3v) is 5.47. The molecule has 0 radical (unpaired) electrons. The van der Waals surface area contributed by atoms with Crippen molar-refractivity contribution in [3.05, 3.63) is 59.4 Å². The van der Waals surface area contributed by atoms with Crippen LogP contribution in [0.3, 0.4) is 0 Å². The fourth-order valence-electron chi connectivity index (χ4n) is 2.58. The molecule has 1 N–H and O–H groups in total. The fraction of sp³-hybridized carbons (Fsp3) is 0.560. The van der Waals surface area contributed by atoms with Gasteiger partial charge in [-0.25, -0.2) is 0 Å². The minimum Gasteiger partial charge on any atom is -0.382 e. The van der Waals surface area contributed by atoms with Crippen LogP contribution in [-0.2, 0) is 4.79 Å². The SMILES string of the molecule is C=C(CCC=O)NC(CSC/C=C(\C)CC/C=C(\C)CCC=C(C)C)C(=C)C. The topological polar surface area (TPSA) is 29.1 Å². The molecular formula is C25H41NOS. The van der Waals surface area contributed by atoms with Crippen molar-refractivity contribution >= 4 is 18.0 Å². The summed E-state index contributed by atoms with van der Waals surface area (Å²) < 4.78 is 0. The largest absolute Gasteiger partial charge is 0.382 e. The van der Waals surface area contributed by atoms with E-state index in [1.54, 1.807) is 0 Å². The van der Waals surface area contributed by atoms with Crippen LogP contribution in [0.15, 0.2) is 59.4 Å². The number of rotatable bonds is 16. The lowest BCUT2D eigenvalue weighted by Crippen LogP contribution is -2.31. The van der Waals surface area contributed by atoms with Crippen LogP contribution in [0.5, 0.6) is 0 Å². The average molecular weight is 404 g/mol. The van der Waals surface area contributed by atoms with Gasteiger partial charge in [0.1, 0.15) is 6.29 Å². The maximum absolute atomic E-state index is 10.5. The Labute approximate surface area is 178 Å². The van der Waals surface area contributed by atoms with E-state index in [4.69, 9.17) is 0 Å². The number of thioether (sulfide) groups is 1. The van der Waals surface area contributed by atoms with Gasteiger partial charge >= 0.3 is 0 Å². The van der Waals surface area contributed by atoms with Gasteiger partial charge in [-0.15, -0.1) is 0 Å². The molecule has 3 heteroatoms. The van der Waals surface area contributed by atoms with Crippen molar-refractivity contribution in [2.75, 3.05) is 11.5 Å². The summed E-state index contributed by atoms with van der Waals surface area (Å²) in [4.78, 5) is 10.5. The second-order valence-corrected chi connectivity index (χ2v) is 8.92. The van der Waals surface area contributed by atoms with Gasteiger partial charge in [0.25, 0.3) is 0 Å². The summed E-state index contributed by atoms with van der Waals surface area (Å²) in [7, 11) is 0. The van der Waals surface area contributed by atoms with E-state index in [2.05, 4.69) is 64.4 Å². The number of aldehydes is 1. The van der Waals surface area contributed by atoms with Gasteiger partial charge in [-0.05, 0) is 66.7 Å². The van der Waals surface area contributed by atoms with E-state index in [0.29, 0.717) is 12.8 Å². The zero-order valence-corrected chi connectivity index (χ0v) is 19.6. The summed E-state index contributed by atoms with van der Waals surface area (Å²) in [5.74, 6) is 1.98. The minimum atomic E-state index is 0.212. The molecule has 1 unspecified atom stereocenters. The summed E-state index contributed by atoms with van der Waals surface area (Å²) >= 11 is 1.91. The van der Waals surface area contributed by atoms with Gasteiger partial charge in [0.15, 0.2) is 0 Å².